The molecule has 0 radical (unpaired) electrons. The summed E-state index contributed by atoms with van der Waals surface area (Å²) in [6.45, 7) is 4.35. The molecule has 24 heavy (non-hydrogen) atoms. The van der Waals surface area contributed by atoms with E-state index in [0.29, 0.717) is 0 Å². The van der Waals surface area contributed by atoms with E-state index in [9.17, 15) is 0 Å². The average molecular weight is 480 g/mol. The first kappa shape index (κ1) is 18.1. The molecule has 0 saturated heterocycles. The van der Waals surface area contributed by atoms with Crippen molar-refractivity contribution >= 4 is 55.4 Å². The van der Waals surface area contributed by atoms with Crippen molar-refractivity contribution in [2.75, 3.05) is 0 Å². The predicted molar refractivity (Wildman–Crippen MR) is 112 cm³/mol. The molecule has 0 bridgehead atoms. The summed E-state index contributed by atoms with van der Waals surface area (Å²) in [6.07, 6.45) is 0. The van der Waals surface area contributed by atoms with Crippen LogP contribution in [0.5, 0.6) is 0 Å². The number of aryl methyl sites for hydroxylation is 2. The molecule has 4 heteroatoms. The second-order valence-electron chi connectivity index (χ2n) is 5.50. The molecule has 0 spiro atoms. The van der Waals surface area contributed by atoms with Crippen molar-refractivity contribution in [1.82, 2.24) is 0 Å². The lowest BCUT2D eigenvalue weighted by Gasteiger charge is -2.12. The number of hydrogen-bond acceptors (Lipinski definition) is 2. The Balaban J connectivity index is 1.93. The number of hydrogen-bond donors (Lipinski definition) is 0. The SMILES string of the molecule is Cc1cc(Sc2ccc(Br)cc2)c(Sc2ccc(Br)cc2)cc1C. The largest absolute Gasteiger partial charge is 0.0889 e. The van der Waals surface area contributed by atoms with Crippen LogP contribution in [0.4, 0.5) is 0 Å². The fraction of sp³-hybridized carbons (Fsp3) is 0.100. The summed E-state index contributed by atoms with van der Waals surface area (Å²) < 4.78 is 2.22. The first-order chi connectivity index (χ1) is 11.5. The van der Waals surface area contributed by atoms with Gasteiger partial charge in [0.25, 0.3) is 0 Å². The van der Waals surface area contributed by atoms with Gasteiger partial charge in [-0.15, -0.1) is 0 Å². The third-order valence-electron chi connectivity index (χ3n) is 3.64. The summed E-state index contributed by atoms with van der Waals surface area (Å²) in [5.41, 5.74) is 2.66. The molecule has 0 saturated carbocycles. The Bertz CT molecular complexity index is 768. The molecule has 3 aromatic rings. The van der Waals surface area contributed by atoms with Crippen LogP contribution >= 0.6 is 55.4 Å². The molecule has 0 aliphatic carbocycles. The van der Waals surface area contributed by atoms with E-state index in [2.05, 4.69) is 106 Å². The van der Waals surface area contributed by atoms with Gasteiger partial charge in [0.1, 0.15) is 0 Å². The molecule has 0 aliphatic rings. The van der Waals surface area contributed by atoms with Crippen molar-refractivity contribution in [3.8, 4) is 0 Å². The molecule has 0 aliphatic heterocycles. The Kier molecular flexibility index (Phi) is 6.14. The lowest BCUT2D eigenvalue weighted by molar-refractivity contribution is 1.16. The second kappa shape index (κ2) is 8.13. The first-order valence-electron chi connectivity index (χ1n) is 7.49. The minimum Gasteiger partial charge on any atom is -0.0889 e. The van der Waals surface area contributed by atoms with Crippen molar-refractivity contribution < 1.29 is 0 Å². The number of benzene rings is 3. The van der Waals surface area contributed by atoms with Gasteiger partial charge in [-0.2, -0.15) is 0 Å². The summed E-state index contributed by atoms with van der Waals surface area (Å²) in [6, 6.07) is 21.5. The maximum Gasteiger partial charge on any atom is 0.0264 e. The van der Waals surface area contributed by atoms with Gasteiger partial charge in [0, 0.05) is 28.5 Å². The van der Waals surface area contributed by atoms with Gasteiger partial charge >= 0.3 is 0 Å². The maximum atomic E-state index is 3.50. The van der Waals surface area contributed by atoms with E-state index in [4.69, 9.17) is 0 Å². The highest BCUT2D eigenvalue weighted by Crippen LogP contribution is 2.40. The molecule has 3 rings (SSSR count). The molecule has 0 amide bonds. The number of rotatable bonds is 4. The normalized spacial score (nSPS) is 10.8. The minimum absolute atomic E-state index is 1.11. The zero-order valence-corrected chi connectivity index (χ0v) is 18.2. The molecule has 0 N–H and O–H groups in total. The van der Waals surface area contributed by atoms with Gasteiger partial charge in [0.05, 0.1) is 0 Å². The predicted octanol–water partition coefficient (Wildman–Crippen LogP) is 8.13. The Labute approximate surface area is 168 Å². The molecule has 0 unspecified atom stereocenters. The Hall–Kier alpha value is -0.680. The van der Waals surface area contributed by atoms with Gasteiger partial charge in [-0.25, -0.2) is 0 Å². The summed E-state index contributed by atoms with van der Waals surface area (Å²) in [5.74, 6) is 0. The molecular weight excluding hydrogens is 464 g/mol. The van der Waals surface area contributed by atoms with Gasteiger partial charge < -0.3 is 0 Å². The standard InChI is InChI=1S/C20H16Br2S2/c1-13-11-19(23-17-7-3-15(21)4-8-17)20(12-14(13)2)24-18-9-5-16(22)6-10-18/h3-12H,1-2H3. The van der Waals surface area contributed by atoms with E-state index in [1.54, 1.807) is 0 Å². The summed E-state index contributed by atoms with van der Waals surface area (Å²) in [5, 5.41) is 0. The van der Waals surface area contributed by atoms with Gasteiger partial charge in [0.15, 0.2) is 0 Å². The minimum atomic E-state index is 1.11. The monoisotopic (exact) mass is 478 g/mol. The van der Waals surface area contributed by atoms with Gasteiger partial charge in [0.2, 0.25) is 0 Å². The van der Waals surface area contributed by atoms with Gasteiger partial charge in [-0.1, -0.05) is 55.4 Å². The molecule has 0 nitrogen and oxygen atoms in total. The van der Waals surface area contributed by atoms with Crippen LogP contribution < -0.4 is 0 Å². The third-order valence-corrected chi connectivity index (χ3v) is 6.96. The van der Waals surface area contributed by atoms with E-state index in [0.717, 1.165) is 8.95 Å². The van der Waals surface area contributed by atoms with E-state index in [-0.39, 0.29) is 0 Å². The topological polar surface area (TPSA) is 0 Å². The summed E-state index contributed by atoms with van der Waals surface area (Å²) >= 11 is 10.6. The highest BCUT2D eigenvalue weighted by Gasteiger charge is 2.09. The molecule has 0 fully saturated rings. The third kappa shape index (κ3) is 4.69. The van der Waals surface area contributed by atoms with Crippen LogP contribution in [0.2, 0.25) is 0 Å². The van der Waals surface area contributed by atoms with Crippen molar-refractivity contribution in [2.24, 2.45) is 0 Å². The maximum absolute atomic E-state index is 3.50. The van der Waals surface area contributed by atoms with Crippen LogP contribution in [0.25, 0.3) is 0 Å². The molecule has 0 atom stereocenters. The van der Waals surface area contributed by atoms with Crippen LogP contribution in [0, 0.1) is 13.8 Å². The van der Waals surface area contributed by atoms with Crippen molar-refractivity contribution in [1.29, 1.82) is 0 Å². The highest BCUT2D eigenvalue weighted by molar-refractivity contribution is 9.10. The van der Waals surface area contributed by atoms with Crippen LogP contribution in [-0.4, -0.2) is 0 Å². The Morgan fingerprint density at radius 2 is 0.917 bits per heavy atom. The molecule has 122 valence electrons. The number of halogens is 2. The van der Waals surface area contributed by atoms with Crippen LogP contribution in [0.1, 0.15) is 11.1 Å². The van der Waals surface area contributed by atoms with Crippen LogP contribution in [0.3, 0.4) is 0 Å². The van der Waals surface area contributed by atoms with E-state index < -0.39 is 0 Å². The smallest absolute Gasteiger partial charge is 0.0264 e. The molecule has 0 heterocycles. The van der Waals surface area contributed by atoms with E-state index in [1.165, 1.54) is 30.7 Å². The lowest BCUT2D eigenvalue weighted by atomic mass is 10.1. The van der Waals surface area contributed by atoms with Gasteiger partial charge in [-0.3, -0.25) is 0 Å². The zero-order valence-electron chi connectivity index (χ0n) is 13.3. The van der Waals surface area contributed by atoms with Crippen molar-refractivity contribution in [3.63, 3.8) is 0 Å². The van der Waals surface area contributed by atoms with E-state index >= 15 is 0 Å². The quantitative estimate of drug-likeness (QED) is 0.370. The fourth-order valence-corrected chi connectivity index (χ4v) is 4.80. The van der Waals surface area contributed by atoms with Crippen LogP contribution in [-0.2, 0) is 0 Å². The van der Waals surface area contributed by atoms with E-state index in [1.807, 2.05) is 23.5 Å². The summed E-state index contributed by atoms with van der Waals surface area (Å²) in [4.78, 5) is 5.10. The Morgan fingerprint density at radius 1 is 0.583 bits per heavy atom. The van der Waals surface area contributed by atoms with Gasteiger partial charge in [-0.05, 0) is 85.6 Å². The molecular formula is C20H16Br2S2. The first-order valence-corrected chi connectivity index (χ1v) is 10.7. The van der Waals surface area contributed by atoms with Crippen molar-refractivity contribution in [3.05, 3.63) is 80.7 Å². The average Bonchev–Trinajstić information content (AvgIpc) is 2.56. The molecule has 0 aromatic heterocycles. The van der Waals surface area contributed by atoms with Crippen molar-refractivity contribution in [2.45, 2.75) is 33.4 Å². The molecule has 3 aromatic carbocycles. The summed E-state index contributed by atoms with van der Waals surface area (Å²) in [7, 11) is 0. The lowest BCUT2D eigenvalue weighted by Crippen LogP contribution is -1.87. The fourth-order valence-electron chi connectivity index (χ4n) is 2.18. The highest BCUT2D eigenvalue weighted by atomic mass is 79.9. The van der Waals surface area contributed by atoms with Crippen LogP contribution in [0.15, 0.2) is 89.2 Å². The Morgan fingerprint density at radius 3 is 1.25 bits per heavy atom. The zero-order chi connectivity index (χ0) is 17.1. The second-order valence-corrected chi connectivity index (χ2v) is 9.56.